The molecule has 148 valence electrons. The molecule has 0 aliphatic heterocycles. The first kappa shape index (κ1) is 19.9. The maximum atomic E-state index is 12.2. The molecule has 1 heterocycles. The van der Waals surface area contributed by atoms with Gasteiger partial charge in [-0.1, -0.05) is 37.8 Å². The molecule has 28 heavy (non-hydrogen) atoms. The standard InChI is InChI=1S/C21H26N4O3/c1-2-3-7-19-23-20(25-28-19)16-8-10-17(11-9-16)27-14-18(26)24-21(15-22)12-5-4-6-13-21/h8-11H,2-7,12-14H2,1H3,(H,24,26). The topological polar surface area (TPSA) is 101 Å². The van der Waals surface area contributed by atoms with Crippen LogP contribution < -0.4 is 10.1 Å². The highest BCUT2D eigenvalue weighted by Gasteiger charge is 2.33. The Labute approximate surface area is 165 Å². The van der Waals surface area contributed by atoms with E-state index in [1.54, 1.807) is 12.1 Å². The van der Waals surface area contributed by atoms with Crippen LogP contribution in [0.5, 0.6) is 5.75 Å². The van der Waals surface area contributed by atoms with Crippen molar-refractivity contribution >= 4 is 5.91 Å². The third kappa shape index (κ3) is 5.10. The Morgan fingerprint density at radius 3 is 2.71 bits per heavy atom. The largest absolute Gasteiger partial charge is 0.484 e. The molecule has 0 radical (unpaired) electrons. The van der Waals surface area contributed by atoms with Gasteiger partial charge in [0.1, 0.15) is 11.3 Å². The van der Waals surface area contributed by atoms with E-state index in [0.29, 0.717) is 30.3 Å². The van der Waals surface area contributed by atoms with Crippen LogP contribution >= 0.6 is 0 Å². The van der Waals surface area contributed by atoms with Gasteiger partial charge < -0.3 is 14.6 Å². The van der Waals surface area contributed by atoms with Crippen molar-refractivity contribution in [2.24, 2.45) is 0 Å². The predicted octanol–water partition coefficient (Wildman–Crippen LogP) is 3.80. The lowest BCUT2D eigenvalue weighted by Crippen LogP contribution is -2.50. The van der Waals surface area contributed by atoms with Crippen LogP contribution in [-0.4, -0.2) is 28.2 Å². The van der Waals surface area contributed by atoms with Crippen LogP contribution in [0, 0.1) is 11.3 Å². The minimum absolute atomic E-state index is 0.119. The van der Waals surface area contributed by atoms with Gasteiger partial charge in [0.15, 0.2) is 6.61 Å². The lowest BCUT2D eigenvalue weighted by atomic mass is 9.83. The molecular formula is C21H26N4O3. The summed E-state index contributed by atoms with van der Waals surface area (Å²) in [4.78, 5) is 16.6. The first-order valence-corrected chi connectivity index (χ1v) is 9.92. The number of nitrogens with zero attached hydrogens (tertiary/aromatic N) is 3. The van der Waals surface area contributed by atoms with Crippen molar-refractivity contribution in [3.05, 3.63) is 30.2 Å². The van der Waals surface area contributed by atoms with E-state index in [2.05, 4.69) is 28.5 Å². The average Bonchev–Trinajstić information content (AvgIpc) is 3.21. The summed E-state index contributed by atoms with van der Waals surface area (Å²) in [6.45, 7) is 2.00. The molecule has 0 saturated heterocycles. The van der Waals surface area contributed by atoms with Crippen LogP contribution in [0.25, 0.3) is 11.4 Å². The molecule has 1 N–H and O–H groups in total. The lowest BCUT2D eigenvalue weighted by Gasteiger charge is -2.31. The van der Waals surface area contributed by atoms with Crippen LogP contribution in [0.15, 0.2) is 28.8 Å². The van der Waals surface area contributed by atoms with Crippen molar-refractivity contribution in [2.45, 2.75) is 63.8 Å². The molecule has 1 aliphatic rings. The summed E-state index contributed by atoms with van der Waals surface area (Å²) in [5.41, 5.74) is 0.0883. The fraction of sp³-hybridized carbons (Fsp3) is 0.524. The maximum Gasteiger partial charge on any atom is 0.259 e. The third-order valence-corrected chi connectivity index (χ3v) is 4.99. The summed E-state index contributed by atoms with van der Waals surface area (Å²) in [5, 5.41) is 16.3. The Hall–Kier alpha value is -2.88. The van der Waals surface area contributed by atoms with Gasteiger partial charge >= 0.3 is 0 Å². The maximum absolute atomic E-state index is 12.2. The number of hydrogen-bond acceptors (Lipinski definition) is 6. The van der Waals surface area contributed by atoms with Crippen molar-refractivity contribution < 1.29 is 14.1 Å². The van der Waals surface area contributed by atoms with E-state index in [-0.39, 0.29) is 12.5 Å². The number of nitriles is 1. The molecule has 1 aromatic carbocycles. The second-order valence-corrected chi connectivity index (χ2v) is 7.23. The number of aryl methyl sites for hydroxylation is 1. The summed E-state index contributed by atoms with van der Waals surface area (Å²) in [6, 6.07) is 9.48. The highest BCUT2D eigenvalue weighted by Crippen LogP contribution is 2.27. The number of ether oxygens (including phenoxy) is 1. The van der Waals surface area contributed by atoms with Crippen LogP contribution in [0.4, 0.5) is 0 Å². The molecule has 1 amide bonds. The predicted molar refractivity (Wildman–Crippen MR) is 103 cm³/mol. The third-order valence-electron chi connectivity index (χ3n) is 4.99. The molecule has 7 heteroatoms. The second-order valence-electron chi connectivity index (χ2n) is 7.23. The number of carbonyl (C=O) groups is 1. The molecule has 1 aliphatic carbocycles. The number of hydrogen-bond donors (Lipinski definition) is 1. The molecule has 3 rings (SSSR count). The number of nitrogens with one attached hydrogen (secondary N) is 1. The summed E-state index contributed by atoms with van der Waals surface area (Å²) in [6.07, 6.45) is 7.32. The molecule has 0 spiro atoms. The van der Waals surface area contributed by atoms with E-state index < -0.39 is 5.54 Å². The van der Waals surface area contributed by atoms with Gasteiger partial charge in [0.2, 0.25) is 11.7 Å². The summed E-state index contributed by atoms with van der Waals surface area (Å²) >= 11 is 0. The highest BCUT2D eigenvalue weighted by atomic mass is 16.5. The van der Waals surface area contributed by atoms with E-state index in [1.165, 1.54) is 0 Å². The Balaban J connectivity index is 1.52. The zero-order chi connectivity index (χ0) is 19.8. The second kappa shape index (κ2) is 9.36. The van der Waals surface area contributed by atoms with E-state index in [1.807, 2.05) is 12.1 Å². The van der Waals surface area contributed by atoms with E-state index in [0.717, 1.165) is 44.1 Å². The SMILES string of the molecule is CCCCc1nc(-c2ccc(OCC(=O)NC3(C#N)CCCCC3)cc2)no1. The van der Waals surface area contributed by atoms with Crippen LogP contribution in [0.2, 0.25) is 0 Å². The average molecular weight is 382 g/mol. The number of carbonyl (C=O) groups excluding carboxylic acids is 1. The molecule has 1 fully saturated rings. The Kier molecular flexibility index (Phi) is 6.64. The van der Waals surface area contributed by atoms with E-state index in [4.69, 9.17) is 9.26 Å². The molecule has 1 aromatic heterocycles. The zero-order valence-corrected chi connectivity index (χ0v) is 16.2. The van der Waals surface area contributed by atoms with Crippen LogP contribution in [0.3, 0.4) is 0 Å². The van der Waals surface area contributed by atoms with Crippen molar-refractivity contribution in [2.75, 3.05) is 6.61 Å². The summed E-state index contributed by atoms with van der Waals surface area (Å²) in [5.74, 6) is 1.49. The van der Waals surface area contributed by atoms with Crippen molar-refractivity contribution in [1.82, 2.24) is 15.5 Å². The molecule has 1 saturated carbocycles. The van der Waals surface area contributed by atoms with E-state index >= 15 is 0 Å². The van der Waals surface area contributed by atoms with Gasteiger partial charge in [-0.2, -0.15) is 10.2 Å². The number of benzene rings is 1. The minimum Gasteiger partial charge on any atom is -0.484 e. The van der Waals surface area contributed by atoms with Gasteiger partial charge in [0, 0.05) is 12.0 Å². The van der Waals surface area contributed by atoms with Gasteiger partial charge in [-0.25, -0.2) is 0 Å². The number of rotatable bonds is 8. The van der Waals surface area contributed by atoms with E-state index in [9.17, 15) is 10.1 Å². The monoisotopic (exact) mass is 382 g/mol. The zero-order valence-electron chi connectivity index (χ0n) is 16.2. The smallest absolute Gasteiger partial charge is 0.259 e. The van der Waals surface area contributed by atoms with Gasteiger partial charge in [-0.3, -0.25) is 4.79 Å². The van der Waals surface area contributed by atoms with Gasteiger partial charge in [-0.05, 0) is 43.5 Å². The Bertz CT molecular complexity index is 817. The molecule has 7 nitrogen and oxygen atoms in total. The molecule has 0 atom stereocenters. The first-order valence-electron chi connectivity index (χ1n) is 9.92. The quantitative estimate of drug-likeness (QED) is 0.745. The Morgan fingerprint density at radius 1 is 1.29 bits per heavy atom. The van der Waals surface area contributed by atoms with Gasteiger partial charge in [0.25, 0.3) is 5.91 Å². The van der Waals surface area contributed by atoms with Crippen molar-refractivity contribution in [3.8, 4) is 23.2 Å². The molecule has 0 unspecified atom stereocenters. The molecule has 0 bridgehead atoms. The first-order chi connectivity index (χ1) is 13.6. The highest BCUT2D eigenvalue weighted by molar-refractivity contribution is 5.79. The number of amides is 1. The number of unbranched alkanes of at least 4 members (excludes halogenated alkanes) is 1. The molecular weight excluding hydrogens is 356 g/mol. The molecule has 2 aromatic rings. The minimum atomic E-state index is -0.739. The van der Waals surface area contributed by atoms with Crippen molar-refractivity contribution in [1.29, 1.82) is 5.26 Å². The summed E-state index contributed by atoms with van der Waals surface area (Å²) < 4.78 is 10.8. The van der Waals surface area contributed by atoms with Crippen LogP contribution in [-0.2, 0) is 11.2 Å². The van der Waals surface area contributed by atoms with Crippen molar-refractivity contribution in [3.63, 3.8) is 0 Å². The van der Waals surface area contributed by atoms with Gasteiger partial charge in [0.05, 0.1) is 6.07 Å². The normalized spacial score (nSPS) is 15.6. The fourth-order valence-corrected chi connectivity index (χ4v) is 3.37. The fourth-order valence-electron chi connectivity index (χ4n) is 3.37. The van der Waals surface area contributed by atoms with Gasteiger partial charge in [-0.15, -0.1) is 0 Å². The number of aromatic nitrogens is 2. The summed E-state index contributed by atoms with van der Waals surface area (Å²) in [7, 11) is 0. The Morgan fingerprint density at radius 2 is 2.04 bits per heavy atom. The lowest BCUT2D eigenvalue weighted by molar-refractivity contribution is -0.124. The van der Waals surface area contributed by atoms with Crippen LogP contribution in [0.1, 0.15) is 57.8 Å².